The normalized spacial score (nSPS) is 13.5. The maximum Gasteiger partial charge on any atom is 0.322 e. The molecule has 3 aromatic carbocycles. The highest BCUT2D eigenvalue weighted by Crippen LogP contribution is 2.32. The number of nitrogens with zero attached hydrogens (tertiary/aromatic N) is 4. The topological polar surface area (TPSA) is 143 Å². The Kier molecular flexibility index (Phi) is 6.51. The van der Waals surface area contributed by atoms with Crippen molar-refractivity contribution in [1.82, 2.24) is 14.5 Å². The largest absolute Gasteiger partial charge is 0.403 e. The van der Waals surface area contributed by atoms with Crippen LogP contribution in [0.25, 0.3) is 11.5 Å². The lowest BCUT2D eigenvalue weighted by molar-refractivity contribution is 0.102. The van der Waals surface area contributed by atoms with Gasteiger partial charge in [0.2, 0.25) is 15.9 Å². The van der Waals surface area contributed by atoms with Crippen LogP contribution in [0.15, 0.2) is 87.0 Å². The number of nitrogens with one attached hydrogen (secondary N) is 1. The summed E-state index contributed by atoms with van der Waals surface area (Å²) in [5.41, 5.74) is 2.30. The maximum absolute atomic E-state index is 13.2. The van der Waals surface area contributed by atoms with Gasteiger partial charge < -0.3 is 4.42 Å². The number of amides is 1. The summed E-state index contributed by atoms with van der Waals surface area (Å²) < 4.78 is 58.8. The van der Waals surface area contributed by atoms with Crippen LogP contribution in [0.2, 0.25) is 0 Å². The van der Waals surface area contributed by atoms with Gasteiger partial charge in [-0.05, 0) is 66.6 Å². The molecule has 38 heavy (non-hydrogen) atoms. The van der Waals surface area contributed by atoms with Crippen LogP contribution < -0.4 is 9.62 Å². The molecule has 2 heterocycles. The summed E-state index contributed by atoms with van der Waals surface area (Å²) in [5.74, 6) is -0.482. The second-order valence-corrected chi connectivity index (χ2v) is 12.7. The molecule has 1 N–H and O–H groups in total. The van der Waals surface area contributed by atoms with Crippen molar-refractivity contribution in [3.8, 4) is 11.5 Å². The molecule has 0 bridgehead atoms. The SMILES string of the molecule is CN(C)S(=O)(=O)c1ccc(-c2nnc(NC(=O)c3ccc(S(=O)(=O)N4CCc5ccccc54)cc3)o2)cc1. The molecule has 0 unspecified atom stereocenters. The molecule has 0 saturated carbocycles. The number of rotatable bonds is 7. The van der Waals surface area contributed by atoms with E-state index >= 15 is 0 Å². The lowest BCUT2D eigenvalue weighted by Crippen LogP contribution is -2.29. The van der Waals surface area contributed by atoms with Crippen molar-refractivity contribution in [2.24, 2.45) is 0 Å². The first-order valence-corrected chi connectivity index (χ1v) is 14.3. The van der Waals surface area contributed by atoms with Gasteiger partial charge >= 0.3 is 6.01 Å². The van der Waals surface area contributed by atoms with Gasteiger partial charge in [0.25, 0.3) is 15.9 Å². The van der Waals surface area contributed by atoms with Crippen LogP contribution in [0.4, 0.5) is 11.7 Å². The van der Waals surface area contributed by atoms with Gasteiger partial charge in [-0.25, -0.2) is 21.1 Å². The van der Waals surface area contributed by atoms with Crippen molar-refractivity contribution < 1.29 is 26.0 Å². The van der Waals surface area contributed by atoms with Crippen LogP contribution in [-0.4, -0.2) is 57.9 Å². The van der Waals surface area contributed by atoms with E-state index in [0.717, 1.165) is 9.87 Å². The fourth-order valence-electron chi connectivity index (χ4n) is 4.00. The zero-order valence-electron chi connectivity index (χ0n) is 20.4. The van der Waals surface area contributed by atoms with Gasteiger partial charge in [0.15, 0.2) is 0 Å². The molecular weight excluding hydrogens is 530 g/mol. The van der Waals surface area contributed by atoms with Crippen molar-refractivity contribution in [1.29, 1.82) is 0 Å². The van der Waals surface area contributed by atoms with Crippen LogP contribution in [0.1, 0.15) is 15.9 Å². The highest BCUT2D eigenvalue weighted by atomic mass is 32.2. The Morgan fingerprint density at radius 3 is 2.24 bits per heavy atom. The Bertz CT molecular complexity index is 1710. The van der Waals surface area contributed by atoms with Crippen molar-refractivity contribution in [3.63, 3.8) is 0 Å². The van der Waals surface area contributed by atoms with E-state index in [0.29, 0.717) is 24.2 Å². The third-order valence-corrected chi connectivity index (χ3v) is 9.73. The van der Waals surface area contributed by atoms with Gasteiger partial charge in [0.05, 0.1) is 15.5 Å². The summed E-state index contributed by atoms with van der Waals surface area (Å²) in [6.45, 7) is 0.359. The summed E-state index contributed by atoms with van der Waals surface area (Å²) in [7, 11) is -4.48. The van der Waals surface area contributed by atoms with E-state index in [-0.39, 0.29) is 27.3 Å². The standard InChI is InChI=1S/C25H23N5O6S2/c1-29(2)37(32,33)20-13-9-19(10-14-20)24-27-28-25(36-24)26-23(31)18-7-11-21(12-8-18)38(34,35)30-16-15-17-5-3-4-6-22(17)30/h3-14H,15-16H2,1-2H3,(H,26,28,31). The Balaban J connectivity index is 1.28. The summed E-state index contributed by atoms with van der Waals surface area (Å²) in [6.07, 6.45) is 0.640. The van der Waals surface area contributed by atoms with E-state index in [2.05, 4.69) is 15.5 Å². The summed E-state index contributed by atoms with van der Waals surface area (Å²) >= 11 is 0. The third kappa shape index (κ3) is 4.66. The number of anilines is 2. The smallest absolute Gasteiger partial charge is 0.322 e. The lowest BCUT2D eigenvalue weighted by Gasteiger charge is -2.19. The molecule has 11 nitrogen and oxygen atoms in total. The average Bonchev–Trinajstić information content (AvgIpc) is 3.56. The van der Waals surface area contributed by atoms with Gasteiger partial charge in [-0.2, -0.15) is 0 Å². The zero-order valence-corrected chi connectivity index (χ0v) is 22.0. The van der Waals surface area contributed by atoms with Crippen molar-refractivity contribution in [2.45, 2.75) is 16.2 Å². The zero-order chi connectivity index (χ0) is 27.1. The summed E-state index contributed by atoms with van der Waals surface area (Å²) in [4.78, 5) is 12.9. The molecule has 13 heteroatoms. The first-order valence-electron chi connectivity index (χ1n) is 11.5. The van der Waals surface area contributed by atoms with Crippen LogP contribution in [0, 0.1) is 0 Å². The molecule has 4 aromatic rings. The van der Waals surface area contributed by atoms with Crippen LogP contribution in [0.3, 0.4) is 0 Å². The van der Waals surface area contributed by atoms with E-state index in [1.165, 1.54) is 66.9 Å². The molecule has 196 valence electrons. The highest BCUT2D eigenvalue weighted by molar-refractivity contribution is 7.92. The second kappa shape index (κ2) is 9.67. The molecule has 1 aliphatic rings. The first-order chi connectivity index (χ1) is 18.1. The van der Waals surface area contributed by atoms with E-state index in [1.807, 2.05) is 12.1 Å². The molecule has 1 amide bonds. The molecule has 0 aliphatic carbocycles. The molecule has 5 rings (SSSR count). The minimum atomic E-state index is -3.78. The van der Waals surface area contributed by atoms with Gasteiger partial charge in [0, 0.05) is 31.8 Å². The number of carbonyl (C=O) groups excluding carboxylic acids is 1. The average molecular weight is 554 g/mol. The number of fused-ring (bicyclic) bond motifs is 1. The molecule has 1 aliphatic heterocycles. The maximum atomic E-state index is 13.2. The number of sulfonamides is 2. The van der Waals surface area contributed by atoms with Crippen molar-refractivity contribution in [3.05, 3.63) is 83.9 Å². The Morgan fingerprint density at radius 1 is 0.895 bits per heavy atom. The molecular formula is C25H23N5O6S2. The van der Waals surface area contributed by atoms with E-state index < -0.39 is 26.0 Å². The van der Waals surface area contributed by atoms with Crippen molar-refractivity contribution >= 4 is 37.7 Å². The minimum absolute atomic E-state index is 0.0746. The van der Waals surface area contributed by atoms with E-state index in [9.17, 15) is 21.6 Å². The van der Waals surface area contributed by atoms with Crippen molar-refractivity contribution in [2.75, 3.05) is 30.3 Å². The van der Waals surface area contributed by atoms with Gasteiger partial charge in [0.1, 0.15) is 0 Å². The second-order valence-electron chi connectivity index (χ2n) is 8.66. The molecule has 0 spiro atoms. The van der Waals surface area contributed by atoms with Crippen LogP contribution in [-0.2, 0) is 26.5 Å². The number of aromatic nitrogens is 2. The first kappa shape index (κ1) is 25.6. The number of para-hydroxylation sites is 1. The molecule has 0 fully saturated rings. The Hall–Kier alpha value is -4.07. The Morgan fingerprint density at radius 2 is 1.55 bits per heavy atom. The fourth-order valence-corrected chi connectivity index (χ4v) is 6.41. The predicted octanol–water partition coefficient (Wildman–Crippen LogP) is 2.99. The third-order valence-electron chi connectivity index (χ3n) is 6.07. The number of carbonyl (C=O) groups is 1. The fraction of sp³-hybridized carbons (Fsp3) is 0.160. The summed E-state index contributed by atoms with van der Waals surface area (Å²) in [5, 5.41) is 10.2. The van der Waals surface area contributed by atoms with Crippen LogP contribution >= 0.6 is 0 Å². The quantitative estimate of drug-likeness (QED) is 0.368. The number of hydrogen-bond acceptors (Lipinski definition) is 8. The highest BCUT2D eigenvalue weighted by Gasteiger charge is 2.30. The molecule has 1 aromatic heterocycles. The number of benzene rings is 3. The van der Waals surface area contributed by atoms with Crippen LogP contribution in [0.5, 0.6) is 0 Å². The molecule has 0 atom stereocenters. The lowest BCUT2D eigenvalue weighted by atomic mass is 10.2. The van der Waals surface area contributed by atoms with Gasteiger partial charge in [-0.1, -0.05) is 23.3 Å². The predicted molar refractivity (Wildman–Crippen MR) is 140 cm³/mol. The minimum Gasteiger partial charge on any atom is -0.403 e. The van der Waals surface area contributed by atoms with E-state index in [4.69, 9.17) is 4.42 Å². The van der Waals surface area contributed by atoms with Gasteiger partial charge in [-0.15, -0.1) is 5.10 Å². The molecule has 0 saturated heterocycles. The van der Waals surface area contributed by atoms with Gasteiger partial charge in [-0.3, -0.25) is 14.4 Å². The number of hydrogen-bond donors (Lipinski definition) is 1. The Labute approximate surface area is 219 Å². The molecule has 0 radical (unpaired) electrons. The van der Waals surface area contributed by atoms with E-state index in [1.54, 1.807) is 12.1 Å². The monoisotopic (exact) mass is 553 g/mol. The summed E-state index contributed by atoms with van der Waals surface area (Å²) in [6, 6.07) is 18.7.